The van der Waals surface area contributed by atoms with Gasteiger partial charge >= 0.3 is 25.0 Å². The van der Waals surface area contributed by atoms with Crippen LogP contribution in [0.4, 0.5) is 0 Å². The van der Waals surface area contributed by atoms with Gasteiger partial charge in [-0.15, -0.1) is 0 Å². The lowest BCUT2D eigenvalue weighted by Gasteiger charge is -2.21. The fourth-order valence-corrected chi connectivity index (χ4v) is 2.37. The van der Waals surface area contributed by atoms with E-state index in [-0.39, 0.29) is 18.7 Å². The molecule has 8 heteroatoms. The lowest BCUT2D eigenvalue weighted by molar-refractivity contribution is -0.145. The first-order valence-corrected chi connectivity index (χ1v) is 7.99. The molecule has 1 fully saturated rings. The summed E-state index contributed by atoms with van der Waals surface area (Å²) in [5.74, 6) is -1.79. The van der Waals surface area contributed by atoms with Crippen molar-refractivity contribution in [3.8, 4) is 0 Å². The molecule has 1 aliphatic rings. The summed E-state index contributed by atoms with van der Waals surface area (Å²) >= 11 is 0. The Hall–Kier alpha value is -2.61. The molecule has 0 radical (unpaired) electrons. The standard InChI is InChI=1S/C17H20BNO6/c1-19-11-15(20)24-18(25-16(21)12-19)10-4-2-3-5-13-6-8-14(9-7-13)17(22)23/h2,4,6-9H,3,5,10-12H2,1H3,(H,22,23)/b4-2+. The second kappa shape index (κ2) is 9.03. The maximum absolute atomic E-state index is 11.6. The highest BCUT2D eigenvalue weighted by molar-refractivity contribution is 6.49. The van der Waals surface area contributed by atoms with Gasteiger partial charge < -0.3 is 14.4 Å². The third-order valence-electron chi connectivity index (χ3n) is 3.62. The molecular weight excluding hydrogens is 325 g/mol. The second-order valence-corrected chi connectivity index (χ2v) is 5.83. The highest BCUT2D eigenvalue weighted by Gasteiger charge is 2.30. The molecule has 1 aliphatic heterocycles. The molecule has 0 aromatic heterocycles. The summed E-state index contributed by atoms with van der Waals surface area (Å²) in [6, 6.07) is 6.72. The van der Waals surface area contributed by atoms with E-state index in [2.05, 4.69) is 0 Å². The third kappa shape index (κ3) is 6.42. The Labute approximate surface area is 146 Å². The number of nitrogens with zero attached hydrogens (tertiary/aromatic N) is 1. The number of benzene rings is 1. The lowest BCUT2D eigenvalue weighted by Crippen LogP contribution is -2.42. The normalized spacial score (nSPS) is 16.3. The maximum atomic E-state index is 11.6. The van der Waals surface area contributed by atoms with Crippen molar-refractivity contribution in [1.29, 1.82) is 0 Å². The average molecular weight is 345 g/mol. The number of carboxylic acids is 1. The topological polar surface area (TPSA) is 93.1 Å². The fraction of sp³-hybridized carbons (Fsp3) is 0.353. The van der Waals surface area contributed by atoms with Gasteiger partial charge in [0.15, 0.2) is 0 Å². The van der Waals surface area contributed by atoms with Gasteiger partial charge in [-0.2, -0.15) is 0 Å². The molecule has 0 spiro atoms. The number of aromatic carboxylic acids is 1. The highest BCUT2D eigenvalue weighted by atomic mass is 16.6. The van der Waals surface area contributed by atoms with Crippen LogP contribution in [0.3, 0.4) is 0 Å². The molecule has 1 aromatic carbocycles. The minimum Gasteiger partial charge on any atom is -0.498 e. The van der Waals surface area contributed by atoms with Crippen LogP contribution < -0.4 is 0 Å². The van der Waals surface area contributed by atoms with Crippen molar-refractivity contribution in [1.82, 2.24) is 4.90 Å². The van der Waals surface area contributed by atoms with E-state index < -0.39 is 25.0 Å². The molecule has 7 nitrogen and oxygen atoms in total. The first-order valence-electron chi connectivity index (χ1n) is 7.99. The van der Waals surface area contributed by atoms with Crippen molar-refractivity contribution in [2.75, 3.05) is 20.1 Å². The molecule has 1 saturated heterocycles. The predicted molar refractivity (Wildman–Crippen MR) is 91.1 cm³/mol. The Morgan fingerprint density at radius 1 is 1.16 bits per heavy atom. The molecule has 0 bridgehead atoms. The number of aryl methyl sites for hydroxylation is 1. The fourth-order valence-electron chi connectivity index (χ4n) is 2.37. The molecule has 0 saturated carbocycles. The number of rotatable bonds is 6. The largest absolute Gasteiger partial charge is 0.602 e. The maximum Gasteiger partial charge on any atom is 0.602 e. The monoisotopic (exact) mass is 345 g/mol. The van der Waals surface area contributed by atoms with Crippen LogP contribution in [0.5, 0.6) is 0 Å². The molecule has 0 unspecified atom stereocenters. The van der Waals surface area contributed by atoms with Crippen molar-refractivity contribution >= 4 is 25.0 Å². The van der Waals surface area contributed by atoms with Crippen molar-refractivity contribution in [2.24, 2.45) is 0 Å². The molecule has 2 rings (SSSR count). The Morgan fingerprint density at radius 3 is 2.32 bits per heavy atom. The van der Waals surface area contributed by atoms with Gasteiger partial charge in [-0.3, -0.25) is 14.5 Å². The van der Waals surface area contributed by atoms with Crippen LogP contribution in [0, 0.1) is 0 Å². The Balaban J connectivity index is 1.77. The van der Waals surface area contributed by atoms with E-state index in [9.17, 15) is 14.4 Å². The number of likely N-dealkylation sites (N-methyl/N-ethyl adjacent to an activating group) is 1. The summed E-state index contributed by atoms with van der Waals surface area (Å²) in [5, 5.41) is 8.85. The second-order valence-electron chi connectivity index (χ2n) is 5.83. The van der Waals surface area contributed by atoms with Crippen LogP contribution >= 0.6 is 0 Å². The summed E-state index contributed by atoms with van der Waals surface area (Å²) in [4.78, 5) is 35.5. The van der Waals surface area contributed by atoms with Gasteiger partial charge in [0.25, 0.3) is 0 Å². The van der Waals surface area contributed by atoms with Crippen LogP contribution in [-0.2, 0) is 25.3 Å². The van der Waals surface area contributed by atoms with Crippen molar-refractivity contribution in [3.63, 3.8) is 0 Å². The molecule has 1 heterocycles. The summed E-state index contributed by atoms with van der Waals surface area (Å²) in [6.07, 6.45) is 5.52. The van der Waals surface area contributed by atoms with Crippen LogP contribution in [0.15, 0.2) is 36.4 Å². The van der Waals surface area contributed by atoms with Crippen LogP contribution in [0.1, 0.15) is 22.3 Å². The smallest absolute Gasteiger partial charge is 0.498 e. The van der Waals surface area contributed by atoms with Gasteiger partial charge in [0, 0.05) is 6.32 Å². The van der Waals surface area contributed by atoms with Gasteiger partial charge in [0.1, 0.15) is 0 Å². The zero-order chi connectivity index (χ0) is 18.2. The van der Waals surface area contributed by atoms with E-state index in [0.29, 0.717) is 6.32 Å². The van der Waals surface area contributed by atoms with E-state index in [4.69, 9.17) is 14.4 Å². The minimum atomic E-state index is -0.944. The van der Waals surface area contributed by atoms with E-state index in [1.165, 1.54) is 4.90 Å². The number of carbonyl (C=O) groups is 3. The van der Waals surface area contributed by atoms with Crippen LogP contribution in [0.2, 0.25) is 6.32 Å². The zero-order valence-corrected chi connectivity index (χ0v) is 14.0. The molecule has 0 aliphatic carbocycles. The lowest BCUT2D eigenvalue weighted by atomic mass is 9.84. The molecule has 0 amide bonds. The van der Waals surface area contributed by atoms with Crippen LogP contribution in [-0.4, -0.2) is 55.2 Å². The van der Waals surface area contributed by atoms with E-state index in [0.717, 1.165) is 18.4 Å². The van der Waals surface area contributed by atoms with Crippen molar-refractivity contribution in [2.45, 2.75) is 19.2 Å². The number of hydrogen-bond acceptors (Lipinski definition) is 6. The average Bonchev–Trinajstić information content (AvgIpc) is 2.53. The van der Waals surface area contributed by atoms with Gasteiger partial charge in [0.05, 0.1) is 18.7 Å². The zero-order valence-electron chi connectivity index (χ0n) is 14.0. The predicted octanol–water partition coefficient (Wildman–Crippen LogP) is 1.39. The Morgan fingerprint density at radius 2 is 1.76 bits per heavy atom. The molecule has 1 aromatic rings. The molecule has 25 heavy (non-hydrogen) atoms. The third-order valence-corrected chi connectivity index (χ3v) is 3.62. The Bertz CT molecular complexity index is 638. The number of allylic oxidation sites excluding steroid dienone is 2. The minimum absolute atomic E-state index is 0.0572. The van der Waals surface area contributed by atoms with Crippen molar-refractivity contribution in [3.05, 3.63) is 47.5 Å². The van der Waals surface area contributed by atoms with Gasteiger partial charge in [-0.25, -0.2) is 4.79 Å². The number of hydrogen-bond donors (Lipinski definition) is 1. The summed E-state index contributed by atoms with van der Waals surface area (Å²) in [7, 11) is 0.756. The molecule has 1 N–H and O–H groups in total. The molecule has 132 valence electrons. The Kier molecular flexibility index (Phi) is 6.76. The van der Waals surface area contributed by atoms with Gasteiger partial charge in [-0.1, -0.05) is 24.3 Å². The highest BCUT2D eigenvalue weighted by Crippen LogP contribution is 2.09. The van der Waals surface area contributed by atoms with Crippen molar-refractivity contribution < 1.29 is 28.8 Å². The van der Waals surface area contributed by atoms with E-state index >= 15 is 0 Å². The first kappa shape index (κ1) is 18.7. The van der Waals surface area contributed by atoms with E-state index in [1.54, 1.807) is 31.3 Å². The molecule has 0 atom stereocenters. The SMILES string of the molecule is CN1CC(=O)OB(C/C=C/CCc2ccc(C(=O)O)cc2)OC(=O)C1. The number of carboxylic acid groups (broad SMARTS) is 1. The summed E-state index contributed by atoms with van der Waals surface area (Å²) in [6.45, 7) is 0.114. The summed E-state index contributed by atoms with van der Waals surface area (Å²) in [5.41, 5.74) is 1.29. The van der Waals surface area contributed by atoms with Gasteiger partial charge in [-0.05, 0) is 37.6 Å². The van der Waals surface area contributed by atoms with Gasteiger partial charge in [0.2, 0.25) is 0 Å². The van der Waals surface area contributed by atoms with Crippen LogP contribution in [0.25, 0.3) is 0 Å². The first-order chi connectivity index (χ1) is 11.9. The summed E-state index contributed by atoms with van der Waals surface area (Å²) < 4.78 is 10.2. The number of carbonyl (C=O) groups excluding carboxylic acids is 2. The molecular formula is C17H20BNO6. The quantitative estimate of drug-likeness (QED) is 0.615. The van der Waals surface area contributed by atoms with E-state index in [1.807, 2.05) is 12.2 Å².